The molecule has 0 radical (unpaired) electrons. The average molecular weight is 415 g/mol. The zero-order valence-corrected chi connectivity index (χ0v) is 18.2. The number of amides is 1. The van der Waals surface area contributed by atoms with Gasteiger partial charge in [0.1, 0.15) is 0 Å². The van der Waals surface area contributed by atoms with E-state index in [1.165, 1.54) is 11.8 Å². The molecule has 1 aromatic heterocycles. The molecule has 7 heteroatoms. The van der Waals surface area contributed by atoms with Gasteiger partial charge in [-0.25, -0.2) is 0 Å². The number of hydrogen-bond acceptors (Lipinski definition) is 4. The molecule has 0 spiro atoms. The summed E-state index contributed by atoms with van der Waals surface area (Å²) < 4.78 is 11.0. The largest absolute Gasteiger partial charge is 0.459 e. The molecule has 7 nitrogen and oxygen atoms in total. The minimum atomic E-state index is -0.178. The summed E-state index contributed by atoms with van der Waals surface area (Å²) in [6, 6.07) is 11.9. The number of aryl methyl sites for hydroxylation is 1. The molecule has 0 aliphatic heterocycles. The maximum atomic E-state index is 12.0. The Labute approximate surface area is 179 Å². The summed E-state index contributed by atoms with van der Waals surface area (Å²) in [5, 5.41) is 9.42. The topological polar surface area (TPSA) is 87.9 Å². The molecule has 1 unspecified atom stereocenters. The van der Waals surface area contributed by atoms with E-state index >= 15 is 0 Å². The number of hydrogen-bond donors (Lipinski definition) is 3. The fourth-order valence-electron chi connectivity index (χ4n) is 2.78. The standard InChI is InChI=1S/C23H34N4O3/c1-4-24-23(26-13-8-12-25-22(28)21-19(3)11-14-30-21)27-15-18(2)16-29-17-20-9-6-5-7-10-20/h5-7,9-11,14,18H,4,8,12-13,15-17H2,1-3H3,(H,25,28)(H2,24,26,27). The third-order valence-corrected chi connectivity index (χ3v) is 4.42. The summed E-state index contributed by atoms with van der Waals surface area (Å²) in [7, 11) is 0. The van der Waals surface area contributed by atoms with E-state index in [0.29, 0.717) is 44.5 Å². The summed E-state index contributed by atoms with van der Waals surface area (Å²) in [5.41, 5.74) is 2.02. The Morgan fingerprint density at radius 1 is 1.13 bits per heavy atom. The molecule has 0 aliphatic rings. The highest BCUT2D eigenvalue weighted by Gasteiger charge is 2.11. The van der Waals surface area contributed by atoms with Gasteiger partial charge in [0.2, 0.25) is 0 Å². The van der Waals surface area contributed by atoms with Crippen LogP contribution in [0.4, 0.5) is 0 Å². The quantitative estimate of drug-likeness (QED) is 0.282. The van der Waals surface area contributed by atoms with Gasteiger partial charge in [-0.2, -0.15) is 0 Å². The van der Waals surface area contributed by atoms with Gasteiger partial charge in [-0.05, 0) is 37.8 Å². The highest BCUT2D eigenvalue weighted by molar-refractivity contribution is 5.92. The number of aliphatic imine (C=N–C) groups is 1. The van der Waals surface area contributed by atoms with Crippen molar-refractivity contribution in [3.63, 3.8) is 0 Å². The maximum absolute atomic E-state index is 12.0. The van der Waals surface area contributed by atoms with Crippen LogP contribution in [0.5, 0.6) is 0 Å². The van der Waals surface area contributed by atoms with Gasteiger partial charge in [0.15, 0.2) is 11.7 Å². The molecule has 2 aromatic rings. The lowest BCUT2D eigenvalue weighted by Gasteiger charge is -2.14. The van der Waals surface area contributed by atoms with Gasteiger partial charge in [0, 0.05) is 31.7 Å². The highest BCUT2D eigenvalue weighted by atomic mass is 16.5. The summed E-state index contributed by atoms with van der Waals surface area (Å²) in [4.78, 5) is 16.6. The molecule has 2 rings (SSSR count). The number of ether oxygens (including phenoxy) is 1. The molecule has 0 aliphatic carbocycles. The van der Waals surface area contributed by atoms with E-state index in [1.807, 2.05) is 32.0 Å². The number of guanidine groups is 1. The second kappa shape index (κ2) is 13.4. The summed E-state index contributed by atoms with van der Waals surface area (Å²) >= 11 is 0. The maximum Gasteiger partial charge on any atom is 0.287 e. The third-order valence-electron chi connectivity index (χ3n) is 4.42. The van der Waals surface area contributed by atoms with Crippen molar-refractivity contribution in [2.45, 2.75) is 33.8 Å². The van der Waals surface area contributed by atoms with Gasteiger partial charge in [0.05, 0.1) is 19.5 Å². The van der Waals surface area contributed by atoms with Gasteiger partial charge in [-0.3, -0.25) is 9.79 Å². The molecule has 1 aromatic carbocycles. The third kappa shape index (κ3) is 8.69. The molecule has 0 fully saturated rings. The van der Waals surface area contributed by atoms with Crippen molar-refractivity contribution in [2.75, 3.05) is 32.8 Å². The van der Waals surface area contributed by atoms with Crippen LogP contribution in [0.2, 0.25) is 0 Å². The number of furan rings is 1. The van der Waals surface area contributed by atoms with Crippen molar-refractivity contribution in [3.05, 3.63) is 59.5 Å². The van der Waals surface area contributed by atoms with Gasteiger partial charge in [0.25, 0.3) is 5.91 Å². The first kappa shape index (κ1) is 23.5. The Kier molecular flexibility index (Phi) is 10.5. The number of nitrogens with one attached hydrogen (secondary N) is 3. The molecule has 1 atom stereocenters. The Balaban J connectivity index is 1.63. The van der Waals surface area contributed by atoms with Crippen LogP contribution in [0.25, 0.3) is 0 Å². The van der Waals surface area contributed by atoms with Crippen LogP contribution >= 0.6 is 0 Å². The van der Waals surface area contributed by atoms with Crippen molar-refractivity contribution in [1.29, 1.82) is 0 Å². The van der Waals surface area contributed by atoms with E-state index in [-0.39, 0.29) is 5.91 Å². The van der Waals surface area contributed by atoms with E-state index in [0.717, 1.165) is 24.5 Å². The molecule has 1 amide bonds. The molecular weight excluding hydrogens is 380 g/mol. The Morgan fingerprint density at radius 3 is 2.60 bits per heavy atom. The predicted molar refractivity (Wildman–Crippen MR) is 120 cm³/mol. The second-order valence-electron chi connectivity index (χ2n) is 7.29. The first-order valence-electron chi connectivity index (χ1n) is 10.6. The van der Waals surface area contributed by atoms with Crippen LogP contribution in [-0.2, 0) is 11.3 Å². The molecular formula is C23H34N4O3. The van der Waals surface area contributed by atoms with E-state index in [4.69, 9.17) is 9.15 Å². The minimum Gasteiger partial charge on any atom is -0.459 e. The smallest absolute Gasteiger partial charge is 0.287 e. The fourth-order valence-corrected chi connectivity index (χ4v) is 2.78. The minimum absolute atomic E-state index is 0.178. The first-order valence-corrected chi connectivity index (χ1v) is 10.6. The normalized spacial score (nSPS) is 12.4. The SMILES string of the molecule is CCNC(=NCC(C)COCc1ccccc1)NCCCNC(=O)c1occc1C. The van der Waals surface area contributed by atoms with E-state index in [9.17, 15) is 4.79 Å². The van der Waals surface area contributed by atoms with Crippen molar-refractivity contribution < 1.29 is 13.9 Å². The fraction of sp³-hybridized carbons (Fsp3) is 0.478. The van der Waals surface area contributed by atoms with Gasteiger partial charge >= 0.3 is 0 Å². The van der Waals surface area contributed by atoms with Crippen molar-refractivity contribution in [1.82, 2.24) is 16.0 Å². The van der Waals surface area contributed by atoms with Crippen LogP contribution < -0.4 is 16.0 Å². The molecule has 1 heterocycles. The predicted octanol–water partition coefficient (Wildman–Crippen LogP) is 3.12. The van der Waals surface area contributed by atoms with E-state index in [1.54, 1.807) is 6.07 Å². The molecule has 3 N–H and O–H groups in total. The summed E-state index contributed by atoms with van der Waals surface area (Å²) in [6.07, 6.45) is 2.31. The number of carbonyl (C=O) groups is 1. The lowest BCUT2D eigenvalue weighted by Crippen LogP contribution is -2.39. The van der Waals surface area contributed by atoms with Crippen molar-refractivity contribution >= 4 is 11.9 Å². The molecule has 0 bridgehead atoms. The van der Waals surface area contributed by atoms with E-state index < -0.39 is 0 Å². The zero-order valence-electron chi connectivity index (χ0n) is 18.2. The Bertz CT molecular complexity index is 774. The number of nitrogens with zero attached hydrogens (tertiary/aromatic N) is 1. The summed E-state index contributed by atoms with van der Waals surface area (Å²) in [5.74, 6) is 1.30. The van der Waals surface area contributed by atoms with Gasteiger partial charge in [-0.1, -0.05) is 37.3 Å². The van der Waals surface area contributed by atoms with Crippen LogP contribution in [0.3, 0.4) is 0 Å². The molecule has 164 valence electrons. The Hall–Kier alpha value is -2.80. The second-order valence-corrected chi connectivity index (χ2v) is 7.29. The van der Waals surface area contributed by atoms with E-state index in [2.05, 4.69) is 40.0 Å². The van der Waals surface area contributed by atoms with Crippen LogP contribution in [0, 0.1) is 12.8 Å². The number of benzene rings is 1. The number of carbonyl (C=O) groups excluding carboxylic acids is 1. The highest BCUT2D eigenvalue weighted by Crippen LogP contribution is 2.08. The van der Waals surface area contributed by atoms with Gasteiger partial charge < -0.3 is 25.1 Å². The van der Waals surface area contributed by atoms with Crippen molar-refractivity contribution in [3.8, 4) is 0 Å². The molecule has 0 saturated carbocycles. The summed E-state index contributed by atoms with van der Waals surface area (Å²) in [6.45, 7) is 10.0. The molecule has 30 heavy (non-hydrogen) atoms. The average Bonchev–Trinajstić information content (AvgIpc) is 3.18. The van der Waals surface area contributed by atoms with Crippen molar-refractivity contribution in [2.24, 2.45) is 10.9 Å². The monoisotopic (exact) mass is 414 g/mol. The van der Waals surface area contributed by atoms with Crippen LogP contribution in [-0.4, -0.2) is 44.7 Å². The molecule has 0 saturated heterocycles. The first-order chi connectivity index (χ1) is 14.6. The lowest BCUT2D eigenvalue weighted by atomic mass is 10.2. The Morgan fingerprint density at radius 2 is 1.90 bits per heavy atom. The van der Waals surface area contributed by atoms with Crippen LogP contribution in [0.15, 0.2) is 52.1 Å². The zero-order chi connectivity index (χ0) is 21.6. The van der Waals surface area contributed by atoms with Crippen LogP contribution in [0.1, 0.15) is 41.9 Å². The van der Waals surface area contributed by atoms with Gasteiger partial charge in [-0.15, -0.1) is 0 Å². The number of rotatable bonds is 12. The lowest BCUT2D eigenvalue weighted by molar-refractivity contribution is 0.0925.